The van der Waals surface area contributed by atoms with Gasteiger partial charge in [0, 0.05) is 24.7 Å². The normalized spacial score (nSPS) is 16.5. The van der Waals surface area contributed by atoms with E-state index in [9.17, 15) is 0 Å². The molecule has 1 fully saturated rings. The van der Waals surface area contributed by atoms with Crippen molar-refractivity contribution < 1.29 is 0 Å². The highest BCUT2D eigenvalue weighted by atomic mass is 15.3. The van der Waals surface area contributed by atoms with E-state index in [0.29, 0.717) is 5.92 Å². The third-order valence-corrected chi connectivity index (χ3v) is 5.26. The van der Waals surface area contributed by atoms with Crippen LogP contribution in [-0.2, 0) is 13.6 Å². The molecule has 1 saturated carbocycles. The van der Waals surface area contributed by atoms with E-state index >= 15 is 0 Å². The van der Waals surface area contributed by atoms with Gasteiger partial charge >= 0.3 is 0 Å². The standard InChI is InChI=1S/C19H27N7/c1-12-9-14(3)26(24-12)11-13(2)21-18-16-10-20-25(4)19(16)23-17(22-18)15-7-5-6-8-15/h9-10,13,15H,5-8,11H2,1-4H3,(H,21,22,23). The first kappa shape index (κ1) is 17.0. The van der Waals surface area contributed by atoms with E-state index in [0.717, 1.165) is 34.9 Å². The van der Waals surface area contributed by atoms with Gasteiger partial charge in [0.2, 0.25) is 0 Å². The number of aromatic nitrogens is 6. The maximum absolute atomic E-state index is 4.90. The number of nitrogens with one attached hydrogen (secondary N) is 1. The fourth-order valence-electron chi connectivity index (χ4n) is 3.91. The van der Waals surface area contributed by atoms with Crippen LogP contribution in [0, 0.1) is 13.8 Å². The minimum absolute atomic E-state index is 0.197. The van der Waals surface area contributed by atoms with Crippen molar-refractivity contribution in [1.29, 1.82) is 0 Å². The van der Waals surface area contributed by atoms with Gasteiger partial charge in [-0.15, -0.1) is 0 Å². The molecule has 1 N–H and O–H groups in total. The van der Waals surface area contributed by atoms with Crippen molar-refractivity contribution >= 4 is 16.9 Å². The van der Waals surface area contributed by atoms with Crippen LogP contribution in [0.2, 0.25) is 0 Å². The first-order chi connectivity index (χ1) is 12.5. The summed E-state index contributed by atoms with van der Waals surface area (Å²) >= 11 is 0. The number of nitrogens with zero attached hydrogens (tertiary/aromatic N) is 6. The molecule has 0 aromatic carbocycles. The molecule has 0 aliphatic heterocycles. The van der Waals surface area contributed by atoms with E-state index in [-0.39, 0.29) is 6.04 Å². The van der Waals surface area contributed by atoms with Crippen molar-refractivity contribution in [1.82, 2.24) is 29.5 Å². The van der Waals surface area contributed by atoms with E-state index in [1.54, 1.807) is 0 Å². The number of aryl methyl sites for hydroxylation is 3. The summed E-state index contributed by atoms with van der Waals surface area (Å²) in [5, 5.41) is 13.5. The Bertz CT molecular complexity index is 918. The maximum Gasteiger partial charge on any atom is 0.163 e. The minimum Gasteiger partial charge on any atom is -0.365 e. The van der Waals surface area contributed by atoms with Crippen LogP contribution in [-0.4, -0.2) is 35.6 Å². The summed E-state index contributed by atoms with van der Waals surface area (Å²) in [6, 6.07) is 2.30. The molecule has 138 valence electrons. The van der Waals surface area contributed by atoms with Crippen molar-refractivity contribution in [3.63, 3.8) is 0 Å². The molecule has 1 aliphatic carbocycles. The van der Waals surface area contributed by atoms with Crippen LogP contribution >= 0.6 is 0 Å². The summed E-state index contributed by atoms with van der Waals surface area (Å²) in [7, 11) is 1.94. The molecule has 4 rings (SSSR count). The lowest BCUT2D eigenvalue weighted by molar-refractivity contribution is 0.544. The molecule has 0 bridgehead atoms. The van der Waals surface area contributed by atoms with Crippen molar-refractivity contribution in [2.75, 3.05) is 5.32 Å². The minimum atomic E-state index is 0.197. The summed E-state index contributed by atoms with van der Waals surface area (Å²) in [6.45, 7) is 7.08. The molecule has 0 radical (unpaired) electrons. The number of rotatable bonds is 5. The average molecular weight is 353 g/mol. The van der Waals surface area contributed by atoms with E-state index in [2.05, 4.69) is 35.4 Å². The SMILES string of the molecule is Cc1cc(C)n(CC(C)Nc2nc(C3CCCC3)nc3c2cnn3C)n1. The molecule has 0 amide bonds. The van der Waals surface area contributed by atoms with Crippen LogP contribution in [0.15, 0.2) is 12.3 Å². The molecule has 0 saturated heterocycles. The lowest BCUT2D eigenvalue weighted by Gasteiger charge is -2.18. The molecular weight excluding hydrogens is 326 g/mol. The Morgan fingerprint density at radius 2 is 2.00 bits per heavy atom. The third-order valence-electron chi connectivity index (χ3n) is 5.26. The molecule has 3 heterocycles. The number of hydrogen-bond acceptors (Lipinski definition) is 5. The lowest BCUT2D eigenvalue weighted by atomic mass is 10.1. The summed E-state index contributed by atoms with van der Waals surface area (Å²) in [5.41, 5.74) is 3.13. The van der Waals surface area contributed by atoms with E-state index in [4.69, 9.17) is 9.97 Å². The van der Waals surface area contributed by atoms with E-state index in [1.807, 2.05) is 29.5 Å². The molecule has 7 nitrogen and oxygen atoms in total. The van der Waals surface area contributed by atoms with Crippen molar-refractivity contribution in [2.24, 2.45) is 7.05 Å². The molecule has 3 aromatic rings. The highest BCUT2D eigenvalue weighted by Crippen LogP contribution is 2.34. The van der Waals surface area contributed by atoms with Gasteiger partial charge in [0.25, 0.3) is 0 Å². The van der Waals surface area contributed by atoms with Crippen LogP contribution in [0.3, 0.4) is 0 Å². The van der Waals surface area contributed by atoms with Gasteiger partial charge in [-0.1, -0.05) is 12.8 Å². The molecule has 7 heteroatoms. The van der Waals surface area contributed by atoms with Gasteiger partial charge in [0.1, 0.15) is 11.6 Å². The van der Waals surface area contributed by atoms with Gasteiger partial charge in [0.05, 0.1) is 23.8 Å². The summed E-state index contributed by atoms with van der Waals surface area (Å²) in [4.78, 5) is 9.72. The van der Waals surface area contributed by atoms with Crippen LogP contribution in [0.25, 0.3) is 11.0 Å². The van der Waals surface area contributed by atoms with Gasteiger partial charge in [-0.3, -0.25) is 9.36 Å². The zero-order chi connectivity index (χ0) is 18.3. The Morgan fingerprint density at radius 1 is 1.23 bits per heavy atom. The quantitative estimate of drug-likeness (QED) is 0.761. The zero-order valence-electron chi connectivity index (χ0n) is 16.0. The van der Waals surface area contributed by atoms with E-state index in [1.165, 1.54) is 31.4 Å². The molecule has 1 aliphatic rings. The topological polar surface area (TPSA) is 73.5 Å². The first-order valence-corrected chi connectivity index (χ1v) is 9.48. The second kappa shape index (κ2) is 6.70. The highest BCUT2D eigenvalue weighted by Gasteiger charge is 2.23. The van der Waals surface area contributed by atoms with Gasteiger partial charge in [0.15, 0.2) is 5.65 Å². The van der Waals surface area contributed by atoms with Gasteiger partial charge < -0.3 is 5.32 Å². The zero-order valence-corrected chi connectivity index (χ0v) is 16.0. The second-order valence-electron chi connectivity index (χ2n) is 7.57. The molecule has 26 heavy (non-hydrogen) atoms. The molecule has 1 atom stereocenters. The van der Waals surface area contributed by atoms with Crippen LogP contribution in [0.4, 0.5) is 5.82 Å². The fraction of sp³-hybridized carbons (Fsp3) is 0.579. The van der Waals surface area contributed by atoms with Crippen molar-refractivity contribution in [3.8, 4) is 0 Å². The maximum atomic E-state index is 4.90. The van der Waals surface area contributed by atoms with Crippen LogP contribution < -0.4 is 5.32 Å². The average Bonchev–Trinajstić information content (AvgIpc) is 3.30. The Labute approximate surface area is 153 Å². The Morgan fingerprint density at radius 3 is 2.69 bits per heavy atom. The third kappa shape index (κ3) is 3.18. The van der Waals surface area contributed by atoms with Crippen LogP contribution in [0.5, 0.6) is 0 Å². The Hall–Kier alpha value is -2.44. The van der Waals surface area contributed by atoms with Crippen molar-refractivity contribution in [3.05, 3.63) is 29.5 Å². The molecule has 3 aromatic heterocycles. The second-order valence-corrected chi connectivity index (χ2v) is 7.57. The molecular formula is C19H27N7. The molecule has 0 spiro atoms. The summed E-state index contributed by atoms with van der Waals surface area (Å²) in [6.07, 6.45) is 6.77. The van der Waals surface area contributed by atoms with E-state index < -0.39 is 0 Å². The highest BCUT2D eigenvalue weighted by molar-refractivity contribution is 5.86. The van der Waals surface area contributed by atoms with Crippen molar-refractivity contribution in [2.45, 2.75) is 65.0 Å². The monoisotopic (exact) mass is 353 g/mol. The largest absolute Gasteiger partial charge is 0.365 e. The summed E-state index contributed by atoms with van der Waals surface area (Å²) in [5.74, 6) is 2.32. The first-order valence-electron chi connectivity index (χ1n) is 9.48. The predicted octanol–water partition coefficient (Wildman–Crippen LogP) is 3.33. The summed E-state index contributed by atoms with van der Waals surface area (Å²) < 4.78 is 3.89. The van der Waals surface area contributed by atoms with Crippen LogP contribution in [0.1, 0.15) is 55.7 Å². The predicted molar refractivity (Wildman–Crippen MR) is 102 cm³/mol. The van der Waals surface area contributed by atoms with Gasteiger partial charge in [-0.25, -0.2) is 9.97 Å². The molecule has 1 unspecified atom stereocenters. The van der Waals surface area contributed by atoms with Gasteiger partial charge in [-0.05, 0) is 39.7 Å². The fourth-order valence-corrected chi connectivity index (χ4v) is 3.91. The number of fused-ring (bicyclic) bond motifs is 1. The number of hydrogen-bond donors (Lipinski definition) is 1. The van der Waals surface area contributed by atoms with Gasteiger partial charge in [-0.2, -0.15) is 10.2 Å². The lowest BCUT2D eigenvalue weighted by Crippen LogP contribution is -2.24. The number of anilines is 1. The Balaban J connectivity index is 1.63. The Kier molecular flexibility index (Phi) is 4.38. The smallest absolute Gasteiger partial charge is 0.163 e.